The summed E-state index contributed by atoms with van der Waals surface area (Å²) < 4.78 is 6.70. The number of aryl methyl sites for hydroxylation is 1. The largest absolute Gasteiger partial charge is 0.481 e. The molecule has 0 atom stereocenters. The van der Waals surface area contributed by atoms with Crippen molar-refractivity contribution in [1.82, 2.24) is 15.1 Å². The van der Waals surface area contributed by atoms with Gasteiger partial charge in [0.2, 0.25) is 11.3 Å². The molecule has 0 saturated heterocycles. The summed E-state index contributed by atoms with van der Waals surface area (Å²) in [7, 11) is 1.46. The van der Waals surface area contributed by atoms with Crippen LogP contribution in [0.4, 0.5) is 0 Å². The van der Waals surface area contributed by atoms with Crippen LogP contribution in [0.3, 0.4) is 0 Å². The Hall–Kier alpha value is -2.93. The Morgan fingerprint density at radius 2 is 2.04 bits per heavy atom. The maximum atomic E-state index is 12.4. The van der Waals surface area contributed by atoms with E-state index in [2.05, 4.69) is 10.4 Å². The number of hydrogen-bond acceptors (Lipinski definition) is 5. The number of methoxy groups -OCH3 is 1. The van der Waals surface area contributed by atoms with Crippen molar-refractivity contribution in [2.24, 2.45) is 0 Å². The highest BCUT2D eigenvalue weighted by Gasteiger charge is 2.16. The second kappa shape index (κ2) is 7.97. The Morgan fingerprint density at radius 3 is 2.69 bits per heavy atom. The molecule has 3 aromatic rings. The van der Waals surface area contributed by atoms with Crippen LogP contribution < -0.4 is 15.5 Å². The van der Waals surface area contributed by atoms with E-state index in [0.717, 1.165) is 5.56 Å². The van der Waals surface area contributed by atoms with Gasteiger partial charge < -0.3 is 10.1 Å². The van der Waals surface area contributed by atoms with Gasteiger partial charge in [-0.25, -0.2) is 4.68 Å². The third kappa shape index (κ3) is 4.00. The molecule has 0 spiro atoms. The van der Waals surface area contributed by atoms with Crippen LogP contribution in [0.5, 0.6) is 5.88 Å². The fourth-order valence-electron chi connectivity index (χ4n) is 2.45. The minimum atomic E-state index is -0.491. The van der Waals surface area contributed by atoms with Gasteiger partial charge in [-0.1, -0.05) is 23.8 Å². The van der Waals surface area contributed by atoms with Gasteiger partial charge in [-0.05, 0) is 36.9 Å². The average Bonchev–Trinajstić information content (AvgIpc) is 3.15. The van der Waals surface area contributed by atoms with Crippen LogP contribution in [-0.2, 0) is 6.42 Å². The molecule has 2 aromatic heterocycles. The molecule has 0 aliphatic heterocycles. The quantitative estimate of drug-likeness (QED) is 0.725. The Balaban J connectivity index is 1.84. The summed E-state index contributed by atoms with van der Waals surface area (Å²) in [5.74, 6) is -0.218. The summed E-state index contributed by atoms with van der Waals surface area (Å²) in [5.41, 5.74) is 1.18. The number of aromatic nitrogens is 2. The van der Waals surface area contributed by atoms with E-state index in [9.17, 15) is 9.59 Å². The van der Waals surface area contributed by atoms with E-state index < -0.39 is 11.3 Å². The monoisotopic (exact) mass is 369 g/mol. The van der Waals surface area contributed by atoms with Crippen LogP contribution in [0.1, 0.15) is 20.9 Å². The van der Waals surface area contributed by atoms with Gasteiger partial charge in [-0.3, -0.25) is 9.59 Å². The Labute approximate surface area is 155 Å². The van der Waals surface area contributed by atoms with Crippen LogP contribution in [0, 0.1) is 6.92 Å². The van der Waals surface area contributed by atoms with Gasteiger partial charge in [0.05, 0.1) is 18.9 Å². The van der Waals surface area contributed by atoms with E-state index in [0.29, 0.717) is 18.7 Å². The summed E-state index contributed by atoms with van der Waals surface area (Å²) in [5, 5.41) is 8.97. The standard InChI is InChI=1S/C19H19N3O3S/c1-13-5-7-14(8-6-13)22-17(25-2)12-16(23)18(21-22)19(24)20-10-9-15-4-3-11-26-15/h3-8,11-12H,9-10H2,1-2H3,(H,20,24). The molecule has 26 heavy (non-hydrogen) atoms. The maximum absolute atomic E-state index is 12.4. The molecule has 1 amide bonds. The SMILES string of the molecule is COc1cc(=O)c(C(=O)NCCc2cccs2)nn1-c1ccc(C)cc1. The summed E-state index contributed by atoms with van der Waals surface area (Å²) in [6.45, 7) is 2.42. The lowest BCUT2D eigenvalue weighted by Gasteiger charge is -2.12. The first-order valence-electron chi connectivity index (χ1n) is 8.14. The van der Waals surface area contributed by atoms with Crippen LogP contribution in [0.15, 0.2) is 52.6 Å². The van der Waals surface area contributed by atoms with Crippen molar-refractivity contribution >= 4 is 17.2 Å². The second-order valence-corrected chi connectivity index (χ2v) is 6.76. The molecule has 0 radical (unpaired) electrons. The number of carbonyl (C=O) groups excluding carboxylic acids is 1. The smallest absolute Gasteiger partial charge is 0.275 e. The van der Waals surface area contributed by atoms with Crippen LogP contribution in [0.2, 0.25) is 0 Å². The van der Waals surface area contributed by atoms with Gasteiger partial charge in [0.25, 0.3) is 5.91 Å². The van der Waals surface area contributed by atoms with E-state index in [1.54, 1.807) is 11.3 Å². The predicted octanol–water partition coefficient (Wildman–Crippen LogP) is 2.58. The number of thiophene rings is 1. The number of ether oxygens (including phenoxy) is 1. The van der Waals surface area contributed by atoms with E-state index in [1.165, 1.54) is 22.7 Å². The highest BCUT2D eigenvalue weighted by molar-refractivity contribution is 7.09. The first-order chi connectivity index (χ1) is 12.6. The molecule has 1 N–H and O–H groups in total. The normalized spacial score (nSPS) is 10.5. The minimum absolute atomic E-state index is 0.155. The van der Waals surface area contributed by atoms with E-state index in [1.807, 2.05) is 48.7 Å². The highest BCUT2D eigenvalue weighted by Crippen LogP contribution is 2.15. The number of carbonyl (C=O) groups is 1. The zero-order valence-electron chi connectivity index (χ0n) is 14.6. The minimum Gasteiger partial charge on any atom is -0.481 e. The van der Waals surface area contributed by atoms with E-state index >= 15 is 0 Å². The molecule has 0 bridgehead atoms. The van der Waals surface area contributed by atoms with Crippen molar-refractivity contribution in [3.63, 3.8) is 0 Å². The molecule has 0 unspecified atom stereocenters. The molecular formula is C19H19N3O3S. The first-order valence-corrected chi connectivity index (χ1v) is 9.02. The lowest BCUT2D eigenvalue weighted by atomic mass is 10.2. The lowest BCUT2D eigenvalue weighted by molar-refractivity contribution is 0.0946. The van der Waals surface area contributed by atoms with Crippen molar-refractivity contribution in [3.8, 4) is 11.6 Å². The molecule has 0 aliphatic rings. The zero-order chi connectivity index (χ0) is 18.5. The predicted molar refractivity (Wildman–Crippen MR) is 101 cm³/mol. The van der Waals surface area contributed by atoms with Gasteiger partial charge in [0, 0.05) is 11.4 Å². The third-order valence-corrected chi connectivity index (χ3v) is 4.77. The number of nitrogens with one attached hydrogen (secondary N) is 1. The van der Waals surface area contributed by atoms with Gasteiger partial charge in [-0.15, -0.1) is 11.3 Å². The van der Waals surface area contributed by atoms with Crippen molar-refractivity contribution in [3.05, 3.63) is 74.2 Å². The Bertz CT molecular complexity index is 947. The molecule has 3 rings (SSSR count). The van der Waals surface area contributed by atoms with Gasteiger partial charge in [0.15, 0.2) is 5.69 Å². The number of amides is 1. The summed E-state index contributed by atoms with van der Waals surface area (Å²) in [4.78, 5) is 25.8. The number of rotatable bonds is 6. The molecule has 7 heteroatoms. The molecule has 2 heterocycles. The van der Waals surface area contributed by atoms with Crippen LogP contribution >= 0.6 is 11.3 Å². The van der Waals surface area contributed by atoms with Gasteiger partial charge in [0.1, 0.15) is 0 Å². The van der Waals surface area contributed by atoms with Crippen molar-refractivity contribution in [2.75, 3.05) is 13.7 Å². The van der Waals surface area contributed by atoms with Gasteiger partial charge in [-0.2, -0.15) is 5.10 Å². The van der Waals surface area contributed by atoms with Crippen molar-refractivity contribution < 1.29 is 9.53 Å². The molecule has 0 fully saturated rings. The topological polar surface area (TPSA) is 73.2 Å². The molecule has 134 valence electrons. The first kappa shape index (κ1) is 17.9. The molecular weight excluding hydrogens is 350 g/mol. The number of hydrogen-bond donors (Lipinski definition) is 1. The summed E-state index contributed by atoms with van der Waals surface area (Å²) in [6.07, 6.45) is 0.714. The summed E-state index contributed by atoms with van der Waals surface area (Å²) >= 11 is 1.63. The zero-order valence-corrected chi connectivity index (χ0v) is 15.4. The fraction of sp³-hybridized carbons (Fsp3) is 0.211. The third-order valence-electron chi connectivity index (χ3n) is 3.84. The van der Waals surface area contributed by atoms with Gasteiger partial charge >= 0.3 is 0 Å². The number of nitrogens with zero attached hydrogens (tertiary/aromatic N) is 2. The fourth-order valence-corrected chi connectivity index (χ4v) is 3.16. The molecule has 0 aliphatic carbocycles. The summed E-state index contributed by atoms with van der Waals surface area (Å²) in [6, 6.07) is 12.8. The Kier molecular flexibility index (Phi) is 5.48. The van der Waals surface area contributed by atoms with Crippen molar-refractivity contribution in [1.29, 1.82) is 0 Å². The van der Waals surface area contributed by atoms with Crippen LogP contribution in [0.25, 0.3) is 5.69 Å². The average molecular weight is 369 g/mol. The lowest BCUT2D eigenvalue weighted by Crippen LogP contribution is -2.32. The molecule has 6 nitrogen and oxygen atoms in total. The molecule has 1 aromatic carbocycles. The Morgan fingerprint density at radius 1 is 1.27 bits per heavy atom. The highest BCUT2D eigenvalue weighted by atomic mass is 32.1. The maximum Gasteiger partial charge on any atom is 0.275 e. The van der Waals surface area contributed by atoms with Crippen molar-refractivity contribution in [2.45, 2.75) is 13.3 Å². The van der Waals surface area contributed by atoms with E-state index in [-0.39, 0.29) is 11.6 Å². The molecule has 0 saturated carbocycles. The van der Waals surface area contributed by atoms with Crippen LogP contribution in [-0.4, -0.2) is 29.3 Å². The van der Waals surface area contributed by atoms with E-state index in [4.69, 9.17) is 4.74 Å². The number of benzene rings is 1. The second-order valence-electron chi connectivity index (χ2n) is 5.73.